The van der Waals surface area contributed by atoms with Gasteiger partial charge in [-0.2, -0.15) is 0 Å². The quantitative estimate of drug-likeness (QED) is 0.807. The molecule has 90 valence electrons. The van der Waals surface area contributed by atoms with Crippen LogP contribution in [0.1, 0.15) is 12.5 Å². The highest BCUT2D eigenvalue weighted by atomic mass is 35.5. The number of benzene rings is 1. The van der Waals surface area contributed by atoms with Crippen LogP contribution in [0.3, 0.4) is 0 Å². The van der Waals surface area contributed by atoms with Crippen molar-refractivity contribution in [2.75, 3.05) is 19.5 Å². The van der Waals surface area contributed by atoms with Gasteiger partial charge in [0.1, 0.15) is 0 Å². The summed E-state index contributed by atoms with van der Waals surface area (Å²) < 4.78 is 10.4. The SMILES string of the molecule is COC(OC)C(C)Nc1cccc(Cl)c1C. The second kappa shape index (κ2) is 6.09. The zero-order valence-electron chi connectivity index (χ0n) is 10.1. The molecule has 0 heterocycles. The molecule has 0 aliphatic heterocycles. The Morgan fingerprint density at radius 2 is 1.88 bits per heavy atom. The highest BCUT2D eigenvalue weighted by molar-refractivity contribution is 6.31. The molecule has 0 aliphatic rings. The van der Waals surface area contributed by atoms with Crippen molar-refractivity contribution < 1.29 is 9.47 Å². The molecule has 0 radical (unpaired) electrons. The lowest BCUT2D eigenvalue weighted by molar-refractivity contribution is -0.109. The zero-order valence-corrected chi connectivity index (χ0v) is 10.8. The van der Waals surface area contributed by atoms with Crippen molar-refractivity contribution in [1.82, 2.24) is 0 Å². The van der Waals surface area contributed by atoms with Crippen LogP contribution in [0, 0.1) is 6.92 Å². The molecule has 0 bridgehead atoms. The molecule has 0 spiro atoms. The summed E-state index contributed by atoms with van der Waals surface area (Å²) >= 11 is 6.04. The molecule has 16 heavy (non-hydrogen) atoms. The Bertz CT molecular complexity index is 340. The summed E-state index contributed by atoms with van der Waals surface area (Å²) in [5, 5.41) is 4.07. The Morgan fingerprint density at radius 3 is 2.44 bits per heavy atom. The van der Waals surface area contributed by atoms with Gasteiger partial charge in [-0.1, -0.05) is 17.7 Å². The molecule has 0 saturated heterocycles. The van der Waals surface area contributed by atoms with Gasteiger partial charge in [0.15, 0.2) is 6.29 Å². The van der Waals surface area contributed by atoms with Crippen molar-refractivity contribution in [2.45, 2.75) is 26.2 Å². The van der Waals surface area contributed by atoms with Gasteiger partial charge in [0, 0.05) is 24.9 Å². The highest BCUT2D eigenvalue weighted by Gasteiger charge is 2.16. The number of nitrogens with one attached hydrogen (secondary N) is 1. The van der Waals surface area contributed by atoms with E-state index in [-0.39, 0.29) is 12.3 Å². The minimum atomic E-state index is -0.279. The molecule has 1 atom stereocenters. The van der Waals surface area contributed by atoms with Crippen LogP contribution in [0.2, 0.25) is 5.02 Å². The van der Waals surface area contributed by atoms with Crippen LogP contribution in [-0.4, -0.2) is 26.6 Å². The van der Waals surface area contributed by atoms with Crippen LogP contribution in [0.4, 0.5) is 5.69 Å². The van der Waals surface area contributed by atoms with Crippen LogP contribution in [0.15, 0.2) is 18.2 Å². The minimum absolute atomic E-state index is 0.0483. The summed E-state index contributed by atoms with van der Waals surface area (Å²) in [6, 6.07) is 5.82. The van der Waals surface area contributed by atoms with Gasteiger partial charge < -0.3 is 14.8 Å². The summed E-state index contributed by atoms with van der Waals surface area (Å²) in [6.07, 6.45) is -0.279. The Hall–Kier alpha value is -0.770. The van der Waals surface area contributed by atoms with Crippen molar-refractivity contribution in [3.63, 3.8) is 0 Å². The van der Waals surface area contributed by atoms with Gasteiger partial charge in [-0.05, 0) is 31.5 Å². The number of anilines is 1. The zero-order chi connectivity index (χ0) is 12.1. The first kappa shape index (κ1) is 13.3. The molecular weight excluding hydrogens is 226 g/mol. The lowest BCUT2D eigenvalue weighted by Crippen LogP contribution is -2.33. The summed E-state index contributed by atoms with van der Waals surface area (Å²) in [5.41, 5.74) is 2.03. The maximum absolute atomic E-state index is 6.04. The van der Waals surface area contributed by atoms with E-state index in [0.29, 0.717) is 0 Å². The van der Waals surface area contributed by atoms with Gasteiger partial charge in [-0.3, -0.25) is 0 Å². The Morgan fingerprint density at radius 1 is 1.25 bits per heavy atom. The first-order valence-corrected chi connectivity index (χ1v) is 5.55. The number of halogens is 1. The smallest absolute Gasteiger partial charge is 0.176 e. The van der Waals surface area contributed by atoms with Crippen LogP contribution < -0.4 is 5.32 Å². The summed E-state index contributed by atoms with van der Waals surface area (Å²) in [4.78, 5) is 0. The van der Waals surface area contributed by atoms with Crippen molar-refractivity contribution >= 4 is 17.3 Å². The van der Waals surface area contributed by atoms with Gasteiger partial charge in [-0.25, -0.2) is 0 Å². The van der Waals surface area contributed by atoms with Crippen molar-refractivity contribution in [3.8, 4) is 0 Å². The predicted octanol–water partition coefficient (Wildman–Crippen LogP) is 3.07. The molecule has 1 unspecified atom stereocenters. The van der Waals surface area contributed by atoms with E-state index in [9.17, 15) is 0 Å². The molecule has 0 saturated carbocycles. The van der Waals surface area contributed by atoms with E-state index in [0.717, 1.165) is 16.3 Å². The van der Waals surface area contributed by atoms with E-state index in [1.807, 2.05) is 32.0 Å². The highest BCUT2D eigenvalue weighted by Crippen LogP contribution is 2.24. The molecule has 0 aliphatic carbocycles. The predicted molar refractivity (Wildman–Crippen MR) is 67.1 cm³/mol. The summed E-state index contributed by atoms with van der Waals surface area (Å²) in [6.45, 7) is 3.98. The molecule has 0 amide bonds. The third kappa shape index (κ3) is 3.11. The molecule has 1 aromatic carbocycles. The monoisotopic (exact) mass is 243 g/mol. The first-order valence-electron chi connectivity index (χ1n) is 5.17. The van der Waals surface area contributed by atoms with Crippen LogP contribution in [0.25, 0.3) is 0 Å². The maximum Gasteiger partial charge on any atom is 0.176 e. The molecule has 4 heteroatoms. The molecule has 1 N–H and O–H groups in total. The van der Waals surface area contributed by atoms with E-state index in [2.05, 4.69) is 5.32 Å². The fourth-order valence-corrected chi connectivity index (χ4v) is 1.76. The van der Waals surface area contributed by atoms with Gasteiger partial charge >= 0.3 is 0 Å². The fourth-order valence-electron chi connectivity index (χ4n) is 1.58. The minimum Gasteiger partial charge on any atom is -0.377 e. The van der Waals surface area contributed by atoms with E-state index < -0.39 is 0 Å². The van der Waals surface area contributed by atoms with Gasteiger partial charge in [0.05, 0.1) is 6.04 Å². The number of methoxy groups -OCH3 is 2. The average molecular weight is 244 g/mol. The van der Waals surface area contributed by atoms with Gasteiger partial charge in [0.25, 0.3) is 0 Å². The third-order valence-electron chi connectivity index (χ3n) is 2.52. The van der Waals surface area contributed by atoms with Crippen molar-refractivity contribution in [1.29, 1.82) is 0 Å². The number of hydrogen-bond acceptors (Lipinski definition) is 3. The van der Waals surface area contributed by atoms with E-state index in [4.69, 9.17) is 21.1 Å². The maximum atomic E-state index is 6.04. The lowest BCUT2D eigenvalue weighted by atomic mass is 10.2. The van der Waals surface area contributed by atoms with Crippen LogP contribution in [-0.2, 0) is 9.47 Å². The largest absolute Gasteiger partial charge is 0.377 e. The molecule has 1 aromatic rings. The number of ether oxygens (including phenoxy) is 2. The second-order valence-electron chi connectivity index (χ2n) is 3.69. The van der Waals surface area contributed by atoms with E-state index in [1.54, 1.807) is 14.2 Å². The second-order valence-corrected chi connectivity index (χ2v) is 4.09. The van der Waals surface area contributed by atoms with Crippen LogP contribution >= 0.6 is 11.6 Å². The fraction of sp³-hybridized carbons (Fsp3) is 0.500. The molecule has 1 rings (SSSR count). The van der Waals surface area contributed by atoms with Gasteiger partial charge in [0.2, 0.25) is 0 Å². The normalized spacial score (nSPS) is 12.9. The van der Waals surface area contributed by atoms with E-state index in [1.165, 1.54) is 0 Å². The lowest BCUT2D eigenvalue weighted by Gasteiger charge is -2.24. The summed E-state index contributed by atoms with van der Waals surface area (Å²) in [5.74, 6) is 0. The van der Waals surface area contributed by atoms with Crippen molar-refractivity contribution in [3.05, 3.63) is 28.8 Å². The third-order valence-corrected chi connectivity index (χ3v) is 2.93. The molecule has 3 nitrogen and oxygen atoms in total. The molecular formula is C12H18ClNO2. The Balaban J connectivity index is 2.76. The number of hydrogen-bond donors (Lipinski definition) is 1. The average Bonchev–Trinajstić information content (AvgIpc) is 2.26. The Kier molecular flexibility index (Phi) is 5.06. The number of rotatable bonds is 5. The Labute approximate surface area is 102 Å². The van der Waals surface area contributed by atoms with E-state index >= 15 is 0 Å². The molecule has 0 fully saturated rings. The van der Waals surface area contributed by atoms with Crippen LogP contribution in [0.5, 0.6) is 0 Å². The summed E-state index contributed by atoms with van der Waals surface area (Å²) in [7, 11) is 3.24. The first-order chi connectivity index (χ1) is 7.60. The van der Waals surface area contributed by atoms with Crippen molar-refractivity contribution in [2.24, 2.45) is 0 Å². The standard InChI is InChI=1S/C12H18ClNO2/c1-8-10(13)6-5-7-11(8)14-9(2)12(15-3)16-4/h5-7,9,12,14H,1-4H3. The van der Waals surface area contributed by atoms with Gasteiger partial charge in [-0.15, -0.1) is 0 Å². The topological polar surface area (TPSA) is 30.5 Å². The molecule has 0 aromatic heterocycles.